The zero-order chi connectivity index (χ0) is 25.9. The molecule has 3 fully saturated rings. The number of Topliss-reactive ketones (excluding diaryl/α,β-unsaturated/α-hetero) is 5. The Morgan fingerprint density at radius 3 is 2.39 bits per heavy atom. The fraction of sp³-hybridized carbons (Fsp3) is 0.607. The van der Waals surface area contributed by atoms with Gasteiger partial charge in [-0.15, -0.1) is 0 Å². The molecule has 0 radical (unpaired) electrons. The molecule has 1 aromatic carbocycles. The van der Waals surface area contributed by atoms with E-state index in [-0.39, 0.29) is 11.3 Å². The average molecular weight is 497 g/mol. The third-order valence-electron chi connectivity index (χ3n) is 9.25. The van der Waals surface area contributed by atoms with Gasteiger partial charge in [0.15, 0.2) is 28.7 Å². The van der Waals surface area contributed by atoms with E-state index in [0.29, 0.717) is 17.9 Å². The van der Waals surface area contributed by atoms with Crippen molar-refractivity contribution in [2.24, 2.45) is 29.6 Å². The molecule has 36 heavy (non-hydrogen) atoms. The highest BCUT2D eigenvalue weighted by molar-refractivity contribution is 6.31. The quantitative estimate of drug-likeness (QED) is 0.538. The van der Waals surface area contributed by atoms with Crippen molar-refractivity contribution in [2.45, 2.75) is 75.9 Å². The largest absolute Gasteiger partial charge is 0.507 e. The number of aliphatic hydroxyl groups excluding tert-OH is 1. The third kappa shape index (κ3) is 3.52. The molecule has 3 N–H and O–H groups in total. The summed E-state index contributed by atoms with van der Waals surface area (Å²) >= 11 is 0. The van der Waals surface area contributed by atoms with E-state index in [2.05, 4.69) is 0 Å². The van der Waals surface area contributed by atoms with Crippen molar-refractivity contribution in [1.29, 1.82) is 0 Å². The molecule has 4 aliphatic rings. The van der Waals surface area contributed by atoms with E-state index in [1.54, 1.807) is 12.1 Å². The number of hydrogen-bond donors (Lipinski definition) is 3. The molecule has 7 atom stereocenters. The fourth-order valence-electron chi connectivity index (χ4n) is 7.49. The van der Waals surface area contributed by atoms with E-state index in [1.807, 2.05) is 0 Å². The van der Waals surface area contributed by atoms with Crippen LogP contribution in [0, 0.1) is 29.6 Å². The van der Waals surface area contributed by atoms with Gasteiger partial charge in [-0.2, -0.15) is 0 Å². The van der Waals surface area contributed by atoms with Crippen LogP contribution in [0.1, 0.15) is 80.1 Å². The van der Waals surface area contributed by atoms with Gasteiger partial charge in [0.05, 0.1) is 17.6 Å². The summed E-state index contributed by atoms with van der Waals surface area (Å²) in [7, 11) is 0. The number of aromatic hydroxyl groups is 1. The van der Waals surface area contributed by atoms with Crippen LogP contribution in [-0.2, 0) is 19.2 Å². The Hall–Kier alpha value is -2.71. The van der Waals surface area contributed by atoms with Gasteiger partial charge in [0, 0.05) is 18.3 Å². The highest BCUT2D eigenvalue weighted by Crippen LogP contribution is 2.55. The number of fused-ring (bicyclic) bond motifs is 3. The Labute approximate surface area is 209 Å². The van der Waals surface area contributed by atoms with Crippen LogP contribution >= 0.6 is 0 Å². The van der Waals surface area contributed by atoms with E-state index < -0.39 is 76.6 Å². The number of carbonyl (C=O) groups excluding carboxylic acids is 5. The predicted octanol–water partition coefficient (Wildman–Crippen LogP) is 2.30. The lowest BCUT2D eigenvalue weighted by molar-refractivity contribution is -0.189. The average Bonchev–Trinajstić information content (AvgIpc) is 2.84. The molecule has 4 aliphatic carbocycles. The number of benzene rings is 1. The number of phenols is 1. The van der Waals surface area contributed by atoms with Gasteiger partial charge in [0.2, 0.25) is 0 Å². The summed E-state index contributed by atoms with van der Waals surface area (Å²) in [4.78, 5) is 65.4. The zero-order valence-corrected chi connectivity index (χ0v) is 20.3. The molecule has 0 aliphatic heterocycles. The third-order valence-corrected chi connectivity index (χ3v) is 9.25. The van der Waals surface area contributed by atoms with Crippen molar-refractivity contribution in [1.82, 2.24) is 0 Å². The highest BCUT2D eigenvalue weighted by Gasteiger charge is 2.69. The number of aliphatic hydroxyl groups is 2. The van der Waals surface area contributed by atoms with Crippen LogP contribution < -0.4 is 0 Å². The van der Waals surface area contributed by atoms with Gasteiger partial charge in [-0.3, -0.25) is 24.0 Å². The molecule has 0 heterocycles. The lowest BCUT2D eigenvalue weighted by Crippen LogP contribution is -2.72. The first-order valence-corrected chi connectivity index (χ1v) is 13.0. The molecule has 3 saturated carbocycles. The molecule has 0 spiro atoms. The molecule has 8 nitrogen and oxygen atoms in total. The number of carbonyl (C=O) groups is 5. The van der Waals surface area contributed by atoms with E-state index in [1.165, 1.54) is 12.5 Å². The van der Waals surface area contributed by atoms with E-state index >= 15 is 0 Å². The maximum absolute atomic E-state index is 13.8. The van der Waals surface area contributed by atoms with Crippen LogP contribution in [0.4, 0.5) is 0 Å². The number of ketones is 5. The molecule has 2 unspecified atom stereocenters. The molecule has 0 aromatic heterocycles. The lowest BCUT2D eigenvalue weighted by atomic mass is 9.50. The minimum Gasteiger partial charge on any atom is -0.507 e. The zero-order valence-electron chi connectivity index (χ0n) is 20.3. The van der Waals surface area contributed by atoms with Crippen molar-refractivity contribution in [3.8, 4) is 5.75 Å². The minimum absolute atomic E-state index is 0.0163. The van der Waals surface area contributed by atoms with E-state index in [4.69, 9.17) is 0 Å². The molecule has 0 amide bonds. The summed E-state index contributed by atoms with van der Waals surface area (Å²) in [6.45, 7) is 1.04. The second-order valence-electron chi connectivity index (χ2n) is 11.2. The summed E-state index contributed by atoms with van der Waals surface area (Å²) in [6, 6.07) is 4.69. The number of phenolic OH excluding ortho intramolecular Hbond substituents is 1. The smallest absolute Gasteiger partial charge is 0.190 e. The first-order chi connectivity index (χ1) is 17.1. The standard InChI is InChI=1S/C28H32O8/c1-13(29)20-19(31)12-17-24(32)22-16(11-10-14-6-3-2-4-7-14)15-8-5-9-18(30)21(15)25(33)23(22)27(35)28(17,36)26(20)34/h5,8-9,14,16-17,20,22-24,30,32,36H,2-4,6-7,10-12H2,1H3/t16-,17+,20?,22+,23?,24+,28+/m0/s1. The van der Waals surface area contributed by atoms with Gasteiger partial charge in [0.25, 0.3) is 0 Å². The van der Waals surface area contributed by atoms with E-state index in [9.17, 15) is 39.3 Å². The monoisotopic (exact) mass is 496 g/mol. The molecular formula is C28H32O8. The van der Waals surface area contributed by atoms with E-state index in [0.717, 1.165) is 39.0 Å². The van der Waals surface area contributed by atoms with Gasteiger partial charge < -0.3 is 15.3 Å². The Morgan fingerprint density at radius 2 is 1.72 bits per heavy atom. The fourth-order valence-corrected chi connectivity index (χ4v) is 7.49. The van der Waals surface area contributed by atoms with Crippen LogP contribution in [0.15, 0.2) is 18.2 Å². The van der Waals surface area contributed by atoms with Crippen LogP contribution in [0.25, 0.3) is 0 Å². The molecule has 8 heteroatoms. The second kappa shape index (κ2) is 8.99. The SMILES string of the molecule is CC(=O)C1C(=O)C[C@@H]2[C@@H](O)[C@H]3C(C(=O)c4c(O)cccc4[C@@H]3CCC3CCCCC3)C(=O)[C@]2(O)C1=O. The van der Waals surface area contributed by atoms with Crippen molar-refractivity contribution in [3.63, 3.8) is 0 Å². The maximum Gasteiger partial charge on any atom is 0.190 e. The van der Waals surface area contributed by atoms with Crippen molar-refractivity contribution < 1.29 is 39.3 Å². The molecular weight excluding hydrogens is 464 g/mol. The maximum atomic E-state index is 13.8. The van der Waals surface area contributed by atoms with Crippen molar-refractivity contribution in [3.05, 3.63) is 29.3 Å². The Bertz CT molecular complexity index is 1150. The van der Waals surface area contributed by atoms with Crippen LogP contribution in [0.5, 0.6) is 5.75 Å². The van der Waals surface area contributed by atoms with Crippen molar-refractivity contribution >= 4 is 28.9 Å². The first-order valence-electron chi connectivity index (χ1n) is 13.0. The first kappa shape index (κ1) is 25.0. The van der Waals surface area contributed by atoms with Gasteiger partial charge in [-0.05, 0) is 43.2 Å². The Morgan fingerprint density at radius 1 is 1.03 bits per heavy atom. The molecule has 192 valence electrons. The molecule has 1 aromatic rings. The summed E-state index contributed by atoms with van der Waals surface area (Å²) < 4.78 is 0. The Balaban J connectivity index is 1.59. The van der Waals surface area contributed by atoms with Gasteiger partial charge in [0.1, 0.15) is 17.5 Å². The van der Waals surface area contributed by atoms with Crippen LogP contribution in [0.3, 0.4) is 0 Å². The number of rotatable bonds is 4. The van der Waals surface area contributed by atoms with Gasteiger partial charge in [-0.25, -0.2) is 0 Å². The molecule has 0 bridgehead atoms. The summed E-state index contributed by atoms with van der Waals surface area (Å²) in [5.41, 5.74) is -2.28. The number of hydrogen-bond acceptors (Lipinski definition) is 8. The van der Waals surface area contributed by atoms with Gasteiger partial charge in [-0.1, -0.05) is 44.2 Å². The second-order valence-corrected chi connectivity index (χ2v) is 11.2. The minimum atomic E-state index is -2.81. The van der Waals surface area contributed by atoms with Crippen LogP contribution in [0.2, 0.25) is 0 Å². The lowest BCUT2D eigenvalue weighted by Gasteiger charge is -2.53. The predicted molar refractivity (Wildman–Crippen MR) is 126 cm³/mol. The van der Waals surface area contributed by atoms with Crippen LogP contribution in [-0.4, -0.2) is 55.9 Å². The summed E-state index contributed by atoms with van der Waals surface area (Å²) in [6.07, 6.45) is 5.06. The van der Waals surface area contributed by atoms with Crippen molar-refractivity contribution in [2.75, 3.05) is 0 Å². The summed E-state index contributed by atoms with van der Waals surface area (Å²) in [5, 5.41) is 33.6. The topological polar surface area (TPSA) is 146 Å². The molecule has 5 rings (SSSR count). The Kier molecular flexibility index (Phi) is 6.24. The molecule has 0 saturated heterocycles. The normalized spacial score (nSPS) is 36.8. The van der Waals surface area contributed by atoms with Gasteiger partial charge >= 0.3 is 0 Å². The summed E-state index contributed by atoms with van der Waals surface area (Å²) in [5.74, 6) is -10.6. The highest BCUT2D eigenvalue weighted by atomic mass is 16.3.